The minimum atomic E-state index is -0.249. The fourth-order valence-electron chi connectivity index (χ4n) is 3.14. The first-order valence-electron chi connectivity index (χ1n) is 9.15. The summed E-state index contributed by atoms with van der Waals surface area (Å²) in [4.78, 5) is 19.8. The molecular formula is C22H20N2O5S. The summed E-state index contributed by atoms with van der Waals surface area (Å²) in [5.41, 5.74) is 1.07. The predicted molar refractivity (Wildman–Crippen MR) is 115 cm³/mol. The molecule has 0 radical (unpaired) electrons. The molecule has 8 heteroatoms. The number of rotatable bonds is 7. The van der Waals surface area contributed by atoms with Crippen LogP contribution in [0.15, 0.2) is 59.2 Å². The van der Waals surface area contributed by atoms with E-state index >= 15 is 0 Å². The van der Waals surface area contributed by atoms with E-state index in [4.69, 9.17) is 23.6 Å². The average Bonchev–Trinajstić information content (AvgIpc) is 3.46. The average molecular weight is 424 g/mol. The molecule has 0 aliphatic rings. The Labute approximate surface area is 177 Å². The van der Waals surface area contributed by atoms with Gasteiger partial charge in [0, 0.05) is 0 Å². The van der Waals surface area contributed by atoms with Gasteiger partial charge in [-0.25, -0.2) is 4.98 Å². The van der Waals surface area contributed by atoms with Gasteiger partial charge in [0.15, 0.2) is 5.13 Å². The highest BCUT2D eigenvalue weighted by Gasteiger charge is 2.26. The highest BCUT2D eigenvalue weighted by Crippen LogP contribution is 2.41. The molecule has 0 unspecified atom stereocenters. The zero-order chi connectivity index (χ0) is 21.1. The zero-order valence-corrected chi connectivity index (χ0v) is 17.6. The second-order valence-electron chi connectivity index (χ2n) is 6.32. The van der Waals surface area contributed by atoms with Gasteiger partial charge in [-0.1, -0.05) is 23.5 Å². The zero-order valence-electron chi connectivity index (χ0n) is 16.7. The van der Waals surface area contributed by atoms with Gasteiger partial charge in [-0.2, -0.15) is 0 Å². The largest absolute Gasteiger partial charge is 0.496 e. The Bertz CT molecular complexity index is 1130. The second-order valence-corrected chi connectivity index (χ2v) is 7.29. The molecule has 1 amide bonds. The number of methoxy groups -OCH3 is 3. The van der Waals surface area contributed by atoms with Gasteiger partial charge in [-0.05, 0) is 36.4 Å². The van der Waals surface area contributed by atoms with E-state index in [9.17, 15) is 4.79 Å². The number of anilines is 1. The number of carbonyl (C=O) groups excluding carboxylic acids is 1. The Morgan fingerprint density at radius 1 is 0.967 bits per heavy atom. The molecule has 2 aromatic carbocycles. The molecule has 154 valence electrons. The van der Waals surface area contributed by atoms with Crippen LogP contribution in [0.1, 0.15) is 16.1 Å². The van der Waals surface area contributed by atoms with Gasteiger partial charge in [0.05, 0.1) is 39.7 Å². The number of thiazole rings is 1. The summed E-state index contributed by atoms with van der Waals surface area (Å²) in [6.07, 6.45) is 1.57. The summed E-state index contributed by atoms with van der Waals surface area (Å²) < 4.78 is 22.6. The lowest BCUT2D eigenvalue weighted by molar-refractivity contribution is 0.0980. The van der Waals surface area contributed by atoms with Crippen LogP contribution in [-0.4, -0.2) is 32.2 Å². The van der Waals surface area contributed by atoms with Crippen LogP contribution < -0.4 is 19.1 Å². The molecule has 0 bridgehead atoms. The van der Waals surface area contributed by atoms with Crippen molar-refractivity contribution in [3.05, 3.63) is 66.1 Å². The fourth-order valence-corrected chi connectivity index (χ4v) is 4.21. The Morgan fingerprint density at radius 3 is 2.40 bits per heavy atom. The lowest BCUT2D eigenvalue weighted by Crippen LogP contribution is -2.30. The number of aromatic nitrogens is 1. The first-order valence-corrected chi connectivity index (χ1v) is 9.96. The highest BCUT2D eigenvalue weighted by molar-refractivity contribution is 7.22. The van der Waals surface area contributed by atoms with Crippen molar-refractivity contribution in [2.75, 3.05) is 26.2 Å². The standard InChI is InChI=1S/C22H20N2O5S/c1-26-16-9-5-4-8-15(16)21(25)24(13-14-7-6-12-29-14)22-23-19-17(27-2)10-11-18(28-3)20(19)30-22/h4-12H,13H2,1-3H3. The minimum Gasteiger partial charge on any atom is -0.496 e. The van der Waals surface area contributed by atoms with Crippen LogP contribution in [0, 0.1) is 0 Å². The first-order chi connectivity index (χ1) is 14.7. The molecule has 7 nitrogen and oxygen atoms in total. The molecule has 0 saturated heterocycles. The van der Waals surface area contributed by atoms with Crippen molar-refractivity contribution in [3.8, 4) is 17.2 Å². The van der Waals surface area contributed by atoms with E-state index in [1.54, 1.807) is 55.7 Å². The third kappa shape index (κ3) is 3.57. The minimum absolute atomic E-state index is 0.217. The lowest BCUT2D eigenvalue weighted by Gasteiger charge is -2.20. The Kier molecular flexibility index (Phi) is 5.58. The lowest BCUT2D eigenvalue weighted by atomic mass is 10.1. The molecule has 0 aliphatic carbocycles. The predicted octanol–water partition coefficient (Wildman–Crippen LogP) is 4.76. The molecule has 2 aromatic heterocycles. The Balaban J connectivity index is 1.85. The molecule has 0 atom stereocenters. The molecule has 0 N–H and O–H groups in total. The molecular weight excluding hydrogens is 404 g/mol. The third-order valence-electron chi connectivity index (χ3n) is 4.61. The second kappa shape index (κ2) is 8.46. The van der Waals surface area contributed by atoms with Crippen molar-refractivity contribution in [1.29, 1.82) is 0 Å². The molecule has 0 saturated carbocycles. The molecule has 4 aromatic rings. The molecule has 0 fully saturated rings. The van der Waals surface area contributed by atoms with E-state index in [0.29, 0.717) is 39.2 Å². The topological polar surface area (TPSA) is 74.0 Å². The van der Waals surface area contributed by atoms with E-state index < -0.39 is 0 Å². The summed E-state index contributed by atoms with van der Waals surface area (Å²) in [6, 6.07) is 14.3. The number of amides is 1. The molecule has 0 spiro atoms. The van der Waals surface area contributed by atoms with Crippen LogP contribution in [0.3, 0.4) is 0 Å². The van der Waals surface area contributed by atoms with Crippen molar-refractivity contribution >= 4 is 32.6 Å². The van der Waals surface area contributed by atoms with Gasteiger partial charge >= 0.3 is 0 Å². The van der Waals surface area contributed by atoms with Gasteiger partial charge < -0.3 is 18.6 Å². The van der Waals surface area contributed by atoms with E-state index in [1.807, 2.05) is 18.2 Å². The van der Waals surface area contributed by atoms with Crippen LogP contribution in [-0.2, 0) is 6.54 Å². The molecule has 30 heavy (non-hydrogen) atoms. The molecule has 0 aliphatic heterocycles. The van der Waals surface area contributed by atoms with Crippen molar-refractivity contribution in [2.24, 2.45) is 0 Å². The SMILES string of the molecule is COc1ccccc1C(=O)N(Cc1ccco1)c1nc2c(OC)ccc(OC)c2s1. The van der Waals surface area contributed by atoms with E-state index in [0.717, 1.165) is 4.70 Å². The summed E-state index contributed by atoms with van der Waals surface area (Å²) in [5, 5.41) is 0.500. The summed E-state index contributed by atoms with van der Waals surface area (Å²) in [7, 11) is 4.72. The Hall–Kier alpha value is -3.52. The van der Waals surface area contributed by atoms with E-state index in [1.165, 1.54) is 18.4 Å². The van der Waals surface area contributed by atoms with Gasteiger partial charge in [0.2, 0.25) is 0 Å². The van der Waals surface area contributed by atoms with Crippen molar-refractivity contribution in [1.82, 2.24) is 4.98 Å². The van der Waals surface area contributed by atoms with E-state index in [2.05, 4.69) is 0 Å². The maximum atomic E-state index is 13.5. The Morgan fingerprint density at radius 2 is 1.70 bits per heavy atom. The summed E-state index contributed by atoms with van der Waals surface area (Å²) in [6.45, 7) is 0.217. The van der Waals surface area contributed by atoms with Crippen molar-refractivity contribution in [3.63, 3.8) is 0 Å². The van der Waals surface area contributed by atoms with Crippen LogP contribution >= 0.6 is 11.3 Å². The summed E-state index contributed by atoms with van der Waals surface area (Å²) >= 11 is 1.35. The van der Waals surface area contributed by atoms with Gasteiger partial charge in [-0.15, -0.1) is 0 Å². The van der Waals surface area contributed by atoms with Crippen LogP contribution in [0.5, 0.6) is 17.2 Å². The van der Waals surface area contributed by atoms with Crippen molar-refractivity contribution < 1.29 is 23.4 Å². The third-order valence-corrected chi connectivity index (χ3v) is 5.70. The monoisotopic (exact) mass is 424 g/mol. The van der Waals surface area contributed by atoms with Crippen molar-refractivity contribution in [2.45, 2.75) is 6.54 Å². The maximum Gasteiger partial charge on any atom is 0.264 e. The number of ether oxygens (including phenoxy) is 3. The van der Waals surface area contributed by atoms with Crippen LogP contribution in [0.4, 0.5) is 5.13 Å². The number of hydrogen-bond donors (Lipinski definition) is 0. The normalized spacial score (nSPS) is 10.8. The van der Waals surface area contributed by atoms with Gasteiger partial charge in [0.1, 0.15) is 33.2 Å². The first kappa shape index (κ1) is 19.8. The van der Waals surface area contributed by atoms with Crippen LogP contribution in [0.2, 0.25) is 0 Å². The number of carbonyl (C=O) groups is 1. The highest BCUT2D eigenvalue weighted by atomic mass is 32.1. The molecule has 4 rings (SSSR count). The van der Waals surface area contributed by atoms with Crippen LogP contribution in [0.25, 0.3) is 10.2 Å². The quantitative estimate of drug-likeness (QED) is 0.426. The number of para-hydroxylation sites is 1. The summed E-state index contributed by atoms with van der Waals surface area (Å²) in [5.74, 6) is 2.15. The van der Waals surface area contributed by atoms with E-state index in [-0.39, 0.29) is 12.5 Å². The number of benzene rings is 2. The number of hydrogen-bond acceptors (Lipinski definition) is 7. The molecule has 2 heterocycles. The maximum absolute atomic E-state index is 13.5. The number of nitrogens with zero attached hydrogens (tertiary/aromatic N) is 2. The van der Waals surface area contributed by atoms with Gasteiger partial charge in [-0.3, -0.25) is 9.69 Å². The fraction of sp³-hybridized carbons (Fsp3) is 0.182. The smallest absolute Gasteiger partial charge is 0.264 e. The van der Waals surface area contributed by atoms with Gasteiger partial charge in [0.25, 0.3) is 5.91 Å². The number of furan rings is 1. The number of fused-ring (bicyclic) bond motifs is 1.